The number of morpholine rings is 1. The Kier molecular flexibility index (Phi) is 7.59. The maximum absolute atomic E-state index is 11.2. The number of benzene rings is 2. The van der Waals surface area contributed by atoms with Crippen molar-refractivity contribution in [3.8, 4) is 11.3 Å². The van der Waals surface area contributed by atoms with Gasteiger partial charge in [0.2, 0.25) is 4.80 Å². The van der Waals surface area contributed by atoms with Crippen LogP contribution in [-0.4, -0.2) is 55.2 Å². The molecule has 0 atom stereocenters. The molecule has 1 aliphatic heterocycles. The third-order valence-corrected chi connectivity index (χ3v) is 6.53. The molecule has 1 N–H and O–H groups in total. The van der Waals surface area contributed by atoms with E-state index in [2.05, 4.69) is 21.0 Å². The number of nitro benzene ring substituents is 1. The highest BCUT2D eigenvalue weighted by Crippen LogP contribution is 2.24. The number of nitrogens with one attached hydrogen (secondary N) is 1. The third kappa shape index (κ3) is 5.77. The van der Waals surface area contributed by atoms with Crippen molar-refractivity contribution < 1.29 is 14.6 Å². The van der Waals surface area contributed by atoms with E-state index in [-0.39, 0.29) is 10.6 Å². The average molecular weight is 517 g/mol. The summed E-state index contributed by atoms with van der Waals surface area (Å²) >= 11 is 4.92. The lowest BCUT2D eigenvalue weighted by molar-refractivity contribution is -0.906. The van der Waals surface area contributed by atoms with Crippen molar-refractivity contribution in [1.29, 1.82) is 0 Å². The molecule has 2 aromatic carbocycles. The number of nitro groups is 1. The summed E-state index contributed by atoms with van der Waals surface area (Å²) in [6.45, 7) is 5.20. The average Bonchev–Trinajstić information content (AvgIpc) is 3.22. The van der Waals surface area contributed by atoms with Gasteiger partial charge in [0.25, 0.3) is 5.69 Å². The molecule has 0 aliphatic carbocycles. The van der Waals surface area contributed by atoms with Crippen molar-refractivity contribution in [3.63, 3.8) is 0 Å². The van der Waals surface area contributed by atoms with Crippen LogP contribution in [-0.2, 0) is 4.74 Å². The number of non-ortho nitro benzene ring substituents is 1. The van der Waals surface area contributed by atoms with E-state index in [0.717, 1.165) is 58.9 Å². The van der Waals surface area contributed by atoms with E-state index in [4.69, 9.17) is 9.73 Å². The maximum Gasteiger partial charge on any atom is 0.270 e. The van der Waals surface area contributed by atoms with Gasteiger partial charge in [0, 0.05) is 27.5 Å². The second-order valence-corrected chi connectivity index (χ2v) is 9.07. The predicted octanol–water partition coefficient (Wildman–Crippen LogP) is 2.59. The maximum atomic E-state index is 11.2. The third-order valence-electron chi connectivity index (χ3n) is 5.14. The van der Waals surface area contributed by atoms with Gasteiger partial charge in [-0.1, -0.05) is 40.2 Å². The Morgan fingerprint density at radius 1 is 1.22 bits per heavy atom. The lowest BCUT2D eigenvalue weighted by Gasteiger charge is -2.22. The summed E-state index contributed by atoms with van der Waals surface area (Å²) in [5, 5.41) is 17.9. The summed E-state index contributed by atoms with van der Waals surface area (Å²) in [6, 6.07) is 14.4. The second kappa shape index (κ2) is 10.8. The Labute approximate surface area is 197 Å². The first-order valence-electron chi connectivity index (χ1n) is 10.3. The van der Waals surface area contributed by atoms with Gasteiger partial charge < -0.3 is 9.64 Å². The Balaban J connectivity index is 1.66. The van der Waals surface area contributed by atoms with Gasteiger partial charge in [0.1, 0.15) is 13.1 Å². The van der Waals surface area contributed by atoms with E-state index >= 15 is 0 Å². The van der Waals surface area contributed by atoms with Crippen molar-refractivity contribution in [3.05, 3.63) is 78.9 Å². The Hall–Kier alpha value is -2.66. The fraction of sp³-hybridized carbons (Fsp3) is 0.273. The number of rotatable bonds is 7. The van der Waals surface area contributed by atoms with Crippen LogP contribution in [0.15, 0.2) is 68.5 Å². The van der Waals surface area contributed by atoms with Crippen molar-refractivity contribution in [2.75, 3.05) is 39.4 Å². The fourth-order valence-corrected chi connectivity index (χ4v) is 4.52. The molecule has 0 amide bonds. The Bertz CT molecular complexity index is 1170. The minimum Gasteiger partial charge on any atom is -0.370 e. The molecular formula is C22H23BrN5O3S+. The van der Waals surface area contributed by atoms with Crippen molar-refractivity contribution >= 4 is 39.2 Å². The topological polar surface area (TPSA) is 86.5 Å². The molecule has 0 unspecified atom stereocenters. The summed E-state index contributed by atoms with van der Waals surface area (Å²) < 4.78 is 8.18. The predicted molar refractivity (Wildman–Crippen MR) is 128 cm³/mol. The molecule has 8 nitrogen and oxygen atoms in total. The molecule has 3 aromatic rings. The largest absolute Gasteiger partial charge is 0.370 e. The van der Waals surface area contributed by atoms with Crippen LogP contribution in [0.1, 0.15) is 5.56 Å². The summed E-state index contributed by atoms with van der Waals surface area (Å²) in [4.78, 5) is 17.9. The highest BCUT2D eigenvalue weighted by molar-refractivity contribution is 9.10. The molecule has 1 aliphatic rings. The molecule has 0 spiro atoms. The number of ether oxygens (including phenoxy) is 1. The van der Waals surface area contributed by atoms with Crippen molar-refractivity contribution in [1.82, 2.24) is 4.68 Å². The summed E-state index contributed by atoms with van der Waals surface area (Å²) in [7, 11) is 0. The first-order chi connectivity index (χ1) is 15.6. The number of halogens is 1. The number of aromatic nitrogens is 1. The number of nitrogens with zero attached hydrogens (tertiary/aromatic N) is 4. The lowest BCUT2D eigenvalue weighted by atomic mass is 10.1. The van der Waals surface area contributed by atoms with E-state index in [0.29, 0.717) is 6.54 Å². The number of hydrogen-bond donors (Lipinski definition) is 1. The van der Waals surface area contributed by atoms with Gasteiger partial charge in [-0.05, 0) is 17.7 Å². The van der Waals surface area contributed by atoms with Crippen LogP contribution in [0.25, 0.3) is 11.3 Å². The highest BCUT2D eigenvalue weighted by atomic mass is 79.9. The quantitative estimate of drug-likeness (QED) is 0.297. The van der Waals surface area contributed by atoms with Crippen LogP contribution in [0.5, 0.6) is 0 Å². The minimum atomic E-state index is -0.387. The Morgan fingerprint density at radius 2 is 2.00 bits per heavy atom. The van der Waals surface area contributed by atoms with Crippen LogP contribution in [0.2, 0.25) is 0 Å². The molecule has 166 valence electrons. The normalized spacial score (nSPS) is 15.5. The second-order valence-electron chi connectivity index (χ2n) is 7.31. The van der Waals surface area contributed by atoms with Gasteiger partial charge in [0.15, 0.2) is 0 Å². The van der Waals surface area contributed by atoms with E-state index < -0.39 is 0 Å². The van der Waals surface area contributed by atoms with Gasteiger partial charge >= 0.3 is 0 Å². The highest BCUT2D eigenvalue weighted by Gasteiger charge is 2.14. The summed E-state index contributed by atoms with van der Waals surface area (Å²) in [5.74, 6) is 0. The lowest BCUT2D eigenvalue weighted by Crippen LogP contribution is -3.14. The minimum absolute atomic E-state index is 0.0477. The zero-order valence-corrected chi connectivity index (χ0v) is 19.7. The Morgan fingerprint density at radius 3 is 2.75 bits per heavy atom. The van der Waals surface area contributed by atoms with Gasteiger partial charge in [-0.2, -0.15) is 5.10 Å². The standard InChI is InChI=1S/C22H22BrN5O3S/c23-19-6-4-17(5-7-19)15-25-27-21(18-2-1-3-20(14-18)28(29)30)16-32-22(27)24-8-9-26-10-12-31-13-11-26/h1-7,14-16H,8-13H2/p+1/b24-22?,25-15-. The smallest absolute Gasteiger partial charge is 0.270 e. The van der Waals surface area contributed by atoms with E-state index in [1.165, 1.54) is 22.3 Å². The molecule has 0 saturated carbocycles. The van der Waals surface area contributed by atoms with Gasteiger partial charge in [-0.25, -0.2) is 4.68 Å². The van der Waals surface area contributed by atoms with Crippen LogP contribution < -0.4 is 9.70 Å². The van der Waals surface area contributed by atoms with Crippen LogP contribution in [0.3, 0.4) is 0 Å². The number of thiazole rings is 1. The molecular weight excluding hydrogens is 494 g/mol. The molecule has 4 rings (SSSR count). The monoisotopic (exact) mass is 516 g/mol. The molecule has 1 aromatic heterocycles. The van der Waals surface area contributed by atoms with Gasteiger partial charge in [-0.3, -0.25) is 15.1 Å². The SMILES string of the molecule is O=[N+]([O-])c1cccc(-c2csc(=NCC[NH+]3CCOCC3)n2/N=C\c2ccc(Br)cc2)c1. The molecule has 1 fully saturated rings. The molecule has 1 saturated heterocycles. The van der Waals surface area contributed by atoms with Gasteiger partial charge in [0.05, 0.1) is 43.1 Å². The number of quaternary nitrogens is 1. The number of hydrogen-bond acceptors (Lipinski definition) is 6. The zero-order valence-electron chi connectivity index (χ0n) is 17.3. The van der Waals surface area contributed by atoms with Crippen molar-refractivity contribution in [2.45, 2.75) is 0 Å². The molecule has 10 heteroatoms. The first-order valence-corrected chi connectivity index (χ1v) is 11.9. The van der Waals surface area contributed by atoms with E-state index in [1.807, 2.05) is 35.7 Å². The van der Waals surface area contributed by atoms with Crippen LogP contribution in [0.4, 0.5) is 5.69 Å². The fourth-order valence-electron chi connectivity index (χ4n) is 3.39. The summed E-state index contributed by atoms with van der Waals surface area (Å²) in [5.41, 5.74) is 2.49. The van der Waals surface area contributed by atoms with Crippen LogP contribution >= 0.6 is 27.3 Å². The molecule has 2 heterocycles. The first kappa shape index (κ1) is 22.5. The van der Waals surface area contributed by atoms with Crippen molar-refractivity contribution in [2.24, 2.45) is 10.1 Å². The molecule has 0 radical (unpaired) electrons. The molecule has 0 bridgehead atoms. The van der Waals surface area contributed by atoms with E-state index in [9.17, 15) is 10.1 Å². The van der Waals surface area contributed by atoms with E-state index in [1.54, 1.807) is 23.0 Å². The summed E-state index contributed by atoms with van der Waals surface area (Å²) in [6.07, 6.45) is 1.77. The van der Waals surface area contributed by atoms with Gasteiger partial charge in [-0.15, -0.1) is 11.3 Å². The van der Waals surface area contributed by atoms with Crippen LogP contribution in [0, 0.1) is 10.1 Å². The molecule has 32 heavy (non-hydrogen) atoms. The zero-order chi connectivity index (χ0) is 22.3.